The molecule has 0 aliphatic carbocycles. The van der Waals surface area contributed by atoms with Gasteiger partial charge in [-0.1, -0.05) is 12.7 Å². The van der Waals surface area contributed by atoms with Crippen molar-refractivity contribution in [1.82, 2.24) is 4.98 Å². The maximum atomic E-state index is 13.9. The number of nitrogens with zero attached hydrogens (tertiary/aromatic N) is 3. The van der Waals surface area contributed by atoms with Crippen LogP contribution < -0.4 is 21.7 Å². The predicted octanol–water partition coefficient (Wildman–Crippen LogP) is 2.23. The normalized spacial score (nSPS) is 19.7. The molecule has 0 spiro atoms. The van der Waals surface area contributed by atoms with Crippen LogP contribution in [0.1, 0.15) is 18.9 Å². The first kappa shape index (κ1) is 20.3. The molecule has 1 amide bonds. The number of rotatable bonds is 6. The first-order valence-corrected chi connectivity index (χ1v) is 8.00. The van der Waals surface area contributed by atoms with Gasteiger partial charge in [-0.2, -0.15) is 0 Å². The Labute approximate surface area is 154 Å². The summed E-state index contributed by atoms with van der Waals surface area (Å²) in [4.78, 5) is 21.2. The topological polar surface area (TPSA) is 110 Å². The summed E-state index contributed by atoms with van der Waals surface area (Å²) in [6, 6.07) is 0. The monoisotopic (exact) mass is 382 g/mol. The Kier molecular flexibility index (Phi) is 5.77. The van der Waals surface area contributed by atoms with Crippen LogP contribution in [0.25, 0.3) is 6.08 Å². The van der Waals surface area contributed by atoms with E-state index in [1.807, 2.05) is 0 Å². The fraction of sp³-hybridized carbons (Fsp3) is 0.353. The van der Waals surface area contributed by atoms with E-state index in [0.29, 0.717) is 16.9 Å². The van der Waals surface area contributed by atoms with Crippen molar-refractivity contribution in [2.45, 2.75) is 19.8 Å². The zero-order chi connectivity index (χ0) is 20.4. The van der Waals surface area contributed by atoms with Crippen molar-refractivity contribution >= 4 is 29.2 Å². The zero-order valence-corrected chi connectivity index (χ0v) is 15.0. The van der Waals surface area contributed by atoms with Crippen molar-refractivity contribution in [1.29, 1.82) is 0 Å². The molecular formula is C17H21F3N6O. The van der Waals surface area contributed by atoms with Gasteiger partial charge in [0.25, 0.3) is 6.43 Å². The third-order valence-electron chi connectivity index (χ3n) is 4.33. The third kappa shape index (κ3) is 4.04. The number of amides is 1. The van der Waals surface area contributed by atoms with Crippen LogP contribution in [-0.4, -0.2) is 36.7 Å². The summed E-state index contributed by atoms with van der Waals surface area (Å²) < 4.78 is 39.3. The molecule has 2 heterocycles. The Morgan fingerprint density at radius 3 is 2.74 bits per heavy atom. The van der Waals surface area contributed by atoms with Crippen LogP contribution >= 0.6 is 0 Å². The number of primary amides is 1. The fourth-order valence-corrected chi connectivity index (χ4v) is 2.67. The van der Waals surface area contributed by atoms with Gasteiger partial charge < -0.3 is 21.7 Å². The largest absolute Gasteiger partial charge is 0.381 e. The molecule has 10 heteroatoms. The highest BCUT2D eigenvalue weighted by Gasteiger charge is 2.42. The number of amidine groups is 1. The standard InChI is InChI=1S/C17H21F3N6O/c1-4-9-11(6-23-7-12(9)26(3)8-13(19)20)24-16-17(2,15(22)27)5-10(18)14(21)25-16/h4,6-7,13H,1,5,8,21H2,2-3H3,(H2,22,27)(H,24,25). The van der Waals surface area contributed by atoms with E-state index in [9.17, 15) is 18.0 Å². The second-order valence-electron chi connectivity index (χ2n) is 6.34. The summed E-state index contributed by atoms with van der Waals surface area (Å²) in [6.45, 7) is 4.62. The number of hydrogen-bond acceptors (Lipinski definition) is 6. The van der Waals surface area contributed by atoms with Crippen molar-refractivity contribution in [3.63, 3.8) is 0 Å². The maximum absolute atomic E-state index is 13.9. The molecular weight excluding hydrogens is 361 g/mol. The minimum Gasteiger partial charge on any atom is -0.381 e. The van der Waals surface area contributed by atoms with E-state index in [-0.39, 0.29) is 18.1 Å². The van der Waals surface area contributed by atoms with Crippen LogP contribution in [-0.2, 0) is 4.79 Å². The highest BCUT2D eigenvalue weighted by molar-refractivity contribution is 6.14. The molecule has 0 fully saturated rings. The summed E-state index contributed by atoms with van der Waals surface area (Å²) in [5.74, 6) is -1.87. The molecule has 1 aromatic rings. The highest BCUT2D eigenvalue weighted by Crippen LogP contribution is 2.35. The van der Waals surface area contributed by atoms with Crippen molar-refractivity contribution in [3.05, 3.63) is 36.2 Å². The molecule has 146 valence electrons. The second-order valence-corrected chi connectivity index (χ2v) is 6.34. The Bertz CT molecular complexity index is 823. The number of aliphatic imine (C=N–C) groups is 1. The lowest BCUT2D eigenvalue weighted by Gasteiger charge is -2.31. The van der Waals surface area contributed by atoms with Crippen LogP contribution in [0.2, 0.25) is 0 Å². The Balaban J connectivity index is 2.48. The quantitative estimate of drug-likeness (QED) is 0.699. The van der Waals surface area contributed by atoms with Gasteiger partial charge in [0.2, 0.25) is 5.91 Å². The lowest BCUT2D eigenvalue weighted by Crippen LogP contribution is -2.47. The number of halogens is 3. The minimum absolute atomic E-state index is 0.0347. The van der Waals surface area contributed by atoms with E-state index < -0.39 is 30.1 Å². The number of nitrogens with one attached hydrogen (secondary N) is 1. The number of hydrogen-bond donors (Lipinski definition) is 3. The van der Waals surface area contributed by atoms with Crippen LogP contribution in [0.3, 0.4) is 0 Å². The SMILES string of the molecule is C=Cc1c(NC2=NC(N)=C(F)CC2(C)C(N)=O)cncc1N(C)CC(F)F. The molecule has 2 rings (SSSR count). The summed E-state index contributed by atoms with van der Waals surface area (Å²) in [5, 5.41) is 2.89. The van der Waals surface area contributed by atoms with Gasteiger partial charge in [-0.25, -0.2) is 18.2 Å². The van der Waals surface area contributed by atoms with Crippen LogP contribution in [0.5, 0.6) is 0 Å². The summed E-state index contributed by atoms with van der Waals surface area (Å²) >= 11 is 0. The van der Waals surface area contributed by atoms with Crippen LogP contribution in [0.15, 0.2) is 35.6 Å². The van der Waals surface area contributed by atoms with Gasteiger partial charge >= 0.3 is 0 Å². The first-order chi connectivity index (χ1) is 12.6. The second kappa shape index (κ2) is 7.68. The number of carbonyl (C=O) groups is 1. The van der Waals surface area contributed by atoms with Crippen LogP contribution in [0, 0.1) is 5.41 Å². The van der Waals surface area contributed by atoms with E-state index in [0.717, 1.165) is 0 Å². The average Bonchev–Trinajstić information content (AvgIpc) is 2.58. The van der Waals surface area contributed by atoms with E-state index in [4.69, 9.17) is 11.5 Å². The number of alkyl halides is 2. The number of anilines is 2. The molecule has 0 radical (unpaired) electrons. The lowest BCUT2D eigenvalue weighted by molar-refractivity contribution is -0.123. The molecule has 0 aromatic carbocycles. The van der Waals surface area contributed by atoms with Gasteiger partial charge in [-0.3, -0.25) is 9.78 Å². The first-order valence-electron chi connectivity index (χ1n) is 8.00. The number of aromatic nitrogens is 1. The highest BCUT2D eigenvalue weighted by atomic mass is 19.3. The zero-order valence-electron chi connectivity index (χ0n) is 15.0. The van der Waals surface area contributed by atoms with Gasteiger partial charge in [0.05, 0.1) is 30.3 Å². The van der Waals surface area contributed by atoms with E-state index in [1.54, 1.807) is 0 Å². The van der Waals surface area contributed by atoms with Gasteiger partial charge in [0.1, 0.15) is 17.1 Å². The van der Waals surface area contributed by atoms with Gasteiger partial charge in [0, 0.05) is 19.0 Å². The molecule has 1 unspecified atom stereocenters. The molecule has 1 atom stereocenters. The van der Waals surface area contributed by atoms with Gasteiger partial charge in [0.15, 0.2) is 5.82 Å². The van der Waals surface area contributed by atoms with Gasteiger partial charge in [-0.15, -0.1) is 0 Å². The molecule has 27 heavy (non-hydrogen) atoms. The molecule has 5 N–H and O–H groups in total. The fourth-order valence-electron chi connectivity index (χ4n) is 2.67. The molecule has 0 saturated heterocycles. The Morgan fingerprint density at radius 1 is 1.52 bits per heavy atom. The predicted molar refractivity (Wildman–Crippen MR) is 98.9 cm³/mol. The van der Waals surface area contributed by atoms with Crippen LogP contribution in [0.4, 0.5) is 24.5 Å². The number of allylic oxidation sites excluding steroid dienone is 1. The van der Waals surface area contributed by atoms with Crippen molar-refractivity contribution in [3.8, 4) is 0 Å². The van der Waals surface area contributed by atoms with E-state index in [2.05, 4.69) is 21.9 Å². The smallest absolute Gasteiger partial charge is 0.255 e. The Morgan fingerprint density at radius 2 is 2.19 bits per heavy atom. The van der Waals surface area contributed by atoms with Crippen molar-refractivity contribution in [2.24, 2.45) is 21.9 Å². The number of nitrogens with two attached hydrogens (primary N) is 2. The lowest BCUT2D eigenvalue weighted by atomic mass is 9.82. The molecule has 1 aliphatic rings. The Hall–Kier alpha value is -3.04. The number of carbonyl (C=O) groups excluding carboxylic acids is 1. The van der Waals surface area contributed by atoms with E-state index >= 15 is 0 Å². The molecule has 0 bridgehead atoms. The van der Waals surface area contributed by atoms with Gasteiger partial charge in [-0.05, 0) is 6.92 Å². The number of pyridine rings is 1. The van der Waals surface area contributed by atoms with E-state index in [1.165, 1.54) is 37.3 Å². The molecule has 7 nitrogen and oxygen atoms in total. The average molecular weight is 382 g/mol. The molecule has 1 aliphatic heterocycles. The summed E-state index contributed by atoms with van der Waals surface area (Å²) in [5.41, 5.74) is 10.7. The third-order valence-corrected chi connectivity index (χ3v) is 4.33. The maximum Gasteiger partial charge on any atom is 0.255 e. The van der Waals surface area contributed by atoms with Crippen molar-refractivity contribution < 1.29 is 18.0 Å². The van der Waals surface area contributed by atoms with Crippen molar-refractivity contribution in [2.75, 3.05) is 23.8 Å². The minimum atomic E-state index is -2.54. The molecule has 1 aromatic heterocycles. The molecule has 0 saturated carbocycles. The summed E-state index contributed by atoms with van der Waals surface area (Å²) in [7, 11) is 1.49. The summed E-state index contributed by atoms with van der Waals surface area (Å²) in [6.07, 6.45) is 1.38.